The Hall–Kier alpha value is -1.01. The standard InChI is InChI=1S/C10H16N2O/c1-3-10(9(2)8-11)12-4-6-13-7-5-12/h3-7H2,1-2H3. The zero-order valence-corrected chi connectivity index (χ0v) is 8.34. The minimum Gasteiger partial charge on any atom is -0.378 e. The van der Waals surface area contributed by atoms with E-state index in [9.17, 15) is 0 Å². The van der Waals surface area contributed by atoms with Crippen molar-refractivity contribution >= 4 is 0 Å². The summed E-state index contributed by atoms with van der Waals surface area (Å²) in [6.07, 6.45) is 0.930. The Morgan fingerprint density at radius 2 is 2.08 bits per heavy atom. The van der Waals surface area contributed by atoms with Crippen LogP contribution in [0.2, 0.25) is 0 Å². The van der Waals surface area contributed by atoms with Crippen LogP contribution in [-0.2, 0) is 4.74 Å². The van der Waals surface area contributed by atoms with Crippen LogP contribution in [0.5, 0.6) is 0 Å². The minimum absolute atomic E-state index is 0.780. The number of allylic oxidation sites excluding steroid dienone is 2. The lowest BCUT2D eigenvalue weighted by atomic mass is 10.1. The first-order valence-corrected chi connectivity index (χ1v) is 4.72. The van der Waals surface area contributed by atoms with Crippen molar-refractivity contribution in [3.63, 3.8) is 0 Å². The maximum Gasteiger partial charge on any atom is 0.0962 e. The molecule has 0 spiro atoms. The average molecular weight is 180 g/mol. The molecule has 0 bridgehead atoms. The van der Waals surface area contributed by atoms with Crippen LogP contribution >= 0.6 is 0 Å². The number of ether oxygens (including phenoxy) is 1. The van der Waals surface area contributed by atoms with Crippen LogP contribution in [0.3, 0.4) is 0 Å². The first kappa shape index (κ1) is 10.1. The summed E-state index contributed by atoms with van der Waals surface area (Å²) in [7, 11) is 0. The molecule has 0 aromatic rings. The number of nitriles is 1. The summed E-state index contributed by atoms with van der Waals surface area (Å²) >= 11 is 0. The van der Waals surface area contributed by atoms with E-state index in [1.807, 2.05) is 6.92 Å². The molecule has 1 saturated heterocycles. The summed E-state index contributed by atoms with van der Waals surface area (Å²) in [5.74, 6) is 0. The van der Waals surface area contributed by atoms with Crippen molar-refractivity contribution in [1.82, 2.24) is 4.90 Å². The molecular weight excluding hydrogens is 164 g/mol. The molecule has 1 fully saturated rings. The number of rotatable bonds is 2. The summed E-state index contributed by atoms with van der Waals surface area (Å²) in [5, 5.41) is 8.80. The van der Waals surface area contributed by atoms with E-state index in [0.29, 0.717) is 0 Å². The van der Waals surface area contributed by atoms with E-state index in [4.69, 9.17) is 10.00 Å². The molecule has 3 nitrogen and oxygen atoms in total. The first-order valence-electron chi connectivity index (χ1n) is 4.72. The van der Waals surface area contributed by atoms with Gasteiger partial charge in [-0.15, -0.1) is 0 Å². The maximum atomic E-state index is 8.80. The molecule has 0 amide bonds. The largest absolute Gasteiger partial charge is 0.378 e. The van der Waals surface area contributed by atoms with Crippen molar-refractivity contribution in [2.75, 3.05) is 26.3 Å². The van der Waals surface area contributed by atoms with Crippen molar-refractivity contribution in [3.8, 4) is 6.07 Å². The van der Waals surface area contributed by atoms with Crippen LogP contribution in [0.4, 0.5) is 0 Å². The van der Waals surface area contributed by atoms with Gasteiger partial charge < -0.3 is 9.64 Å². The van der Waals surface area contributed by atoms with Crippen molar-refractivity contribution in [2.45, 2.75) is 20.3 Å². The van der Waals surface area contributed by atoms with Crippen LogP contribution in [0.1, 0.15) is 20.3 Å². The molecule has 1 rings (SSSR count). The highest BCUT2D eigenvalue weighted by Crippen LogP contribution is 2.15. The molecule has 0 unspecified atom stereocenters. The van der Waals surface area contributed by atoms with Crippen molar-refractivity contribution in [1.29, 1.82) is 5.26 Å². The fraction of sp³-hybridized carbons (Fsp3) is 0.700. The van der Waals surface area contributed by atoms with Gasteiger partial charge in [0.2, 0.25) is 0 Å². The average Bonchev–Trinajstić information content (AvgIpc) is 2.20. The van der Waals surface area contributed by atoms with E-state index in [2.05, 4.69) is 17.9 Å². The smallest absolute Gasteiger partial charge is 0.0962 e. The van der Waals surface area contributed by atoms with E-state index >= 15 is 0 Å². The molecular formula is C10H16N2O. The highest BCUT2D eigenvalue weighted by atomic mass is 16.5. The second kappa shape index (κ2) is 4.88. The molecule has 1 aliphatic heterocycles. The molecule has 1 aliphatic rings. The lowest BCUT2D eigenvalue weighted by Crippen LogP contribution is -2.35. The summed E-state index contributed by atoms with van der Waals surface area (Å²) in [4.78, 5) is 2.25. The van der Waals surface area contributed by atoms with Gasteiger partial charge in [-0.1, -0.05) is 6.92 Å². The van der Waals surface area contributed by atoms with Crippen molar-refractivity contribution in [2.24, 2.45) is 0 Å². The quantitative estimate of drug-likeness (QED) is 0.604. The minimum atomic E-state index is 0.780. The molecule has 0 saturated carbocycles. The normalized spacial score (nSPS) is 19.3. The van der Waals surface area contributed by atoms with Gasteiger partial charge in [-0.05, 0) is 13.3 Å². The van der Waals surface area contributed by atoms with Crippen LogP contribution in [-0.4, -0.2) is 31.2 Å². The van der Waals surface area contributed by atoms with E-state index < -0.39 is 0 Å². The Labute approximate surface area is 79.6 Å². The van der Waals surface area contributed by atoms with E-state index in [-0.39, 0.29) is 0 Å². The molecule has 0 radical (unpaired) electrons. The molecule has 0 aromatic carbocycles. The van der Waals surface area contributed by atoms with Crippen LogP contribution in [0.25, 0.3) is 0 Å². The fourth-order valence-electron chi connectivity index (χ4n) is 1.62. The Kier molecular flexibility index (Phi) is 3.78. The molecule has 3 heteroatoms. The van der Waals surface area contributed by atoms with Crippen molar-refractivity contribution in [3.05, 3.63) is 11.3 Å². The third-order valence-electron chi connectivity index (χ3n) is 2.33. The SMILES string of the molecule is CCC(=C(C)C#N)N1CCOCC1. The van der Waals surface area contributed by atoms with Gasteiger partial charge in [0, 0.05) is 24.4 Å². The van der Waals surface area contributed by atoms with Gasteiger partial charge >= 0.3 is 0 Å². The van der Waals surface area contributed by atoms with Gasteiger partial charge in [-0.3, -0.25) is 0 Å². The second-order valence-corrected chi connectivity index (χ2v) is 3.14. The van der Waals surface area contributed by atoms with Crippen LogP contribution < -0.4 is 0 Å². The molecule has 0 aliphatic carbocycles. The highest BCUT2D eigenvalue weighted by Gasteiger charge is 2.14. The number of nitrogens with zero attached hydrogens (tertiary/aromatic N) is 2. The molecule has 1 heterocycles. The van der Waals surface area contributed by atoms with Gasteiger partial charge in [0.15, 0.2) is 0 Å². The number of hydrogen-bond donors (Lipinski definition) is 0. The zero-order chi connectivity index (χ0) is 9.68. The monoisotopic (exact) mass is 180 g/mol. The van der Waals surface area contributed by atoms with Crippen LogP contribution in [0, 0.1) is 11.3 Å². The van der Waals surface area contributed by atoms with E-state index in [1.54, 1.807) is 0 Å². The highest BCUT2D eigenvalue weighted by molar-refractivity contribution is 5.24. The molecule has 0 aromatic heterocycles. The summed E-state index contributed by atoms with van der Waals surface area (Å²) < 4.78 is 5.26. The molecule has 13 heavy (non-hydrogen) atoms. The first-order chi connectivity index (χ1) is 6.29. The van der Waals surface area contributed by atoms with Gasteiger partial charge in [0.1, 0.15) is 0 Å². The molecule has 72 valence electrons. The molecule has 0 N–H and O–H groups in total. The third kappa shape index (κ3) is 2.46. The van der Waals surface area contributed by atoms with E-state index in [0.717, 1.165) is 38.3 Å². The van der Waals surface area contributed by atoms with Crippen LogP contribution in [0.15, 0.2) is 11.3 Å². The zero-order valence-electron chi connectivity index (χ0n) is 8.34. The summed E-state index contributed by atoms with van der Waals surface area (Å²) in [6, 6.07) is 2.21. The van der Waals surface area contributed by atoms with Gasteiger partial charge in [-0.2, -0.15) is 5.26 Å². The van der Waals surface area contributed by atoms with Gasteiger partial charge in [0.25, 0.3) is 0 Å². The summed E-state index contributed by atoms with van der Waals surface area (Å²) in [5.41, 5.74) is 2.01. The number of morpholine rings is 1. The Balaban J connectivity index is 2.71. The topological polar surface area (TPSA) is 36.3 Å². The van der Waals surface area contributed by atoms with Crippen molar-refractivity contribution < 1.29 is 4.74 Å². The number of hydrogen-bond acceptors (Lipinski definition) is 3. The second-order valence-electron chi connectivity index (χ2n) is 3.14. The third-order valence-corrected chi connectivity index (χ3v) is 2.33. The fourth-order valence-corrected chi connectivity index (χ4v) is 1.62. The lowest BCUT2D eigenvalue weighted by molar-refractivity contribution is 0.0520. The Morgan fingerprint density at radius 3 is 2.54 bits per heavy atom. The predicted molar refractivity (Wildman–Crippen MR) is 51.0 cm³/mol. The Bertz CT molecular complexity index is 234. The Morgan fingerprint density at radius 1 is 1.46 bits per heavy atom. The predicted octanol–water partition coefficient (Wildman–Crippen LogP) is 1.53. The molecule has 0 atom stereocenters. The van der Waals surface area contributed by atoms with Gasteiger partial charge in [-0.25, -0.2) is 0 Å². The van der Waals surface area contributed by atoms with Gasteiger partial charge in [0.05, 0.1) is 19.3 Å². The maximum absolute atomic E-state index is 8.80. The van der Waals surface area contributed by atoms with E-state index in [1.165, 1.54) is 5.70 Å². The summed E-state index contributed by atoms with van der Waals surface area (Å²) in [6.45, 7) is 7.37. The lowest BCUT2D eigenvalue weighted by Gasteiger charge is -2.31.